The van der Waals surface area contributed by atoms with Crippen molar-refractivity contribution in [2.24, 2.45) is 5.92 Å². The molecule has 1 aromatic carbocycles. The smallest absolute Gasteiger partial charge is 0.243 e. The summed E-state index contributed by atoms with van der Waals surface area (Å²) in [6.45, 7) is 7.15. The van der Waals surface area contributed by atoms with Gasteiger partial charge in [-0.15, -0.1) is 11.3 Å². The van der Waals surface area contributed by atoms with Gasteiger partial charge in [-0.3, -0.25) is 0 Å². The predicted molar refractivity (Wildman–Crippen MR) is 132 cm³/mol. The van der Waals surface area contributed by atoms with Gasteiger partial charge in [-0.05, 0) is 49.8 Å². The topological polar surface area (TPSA) is 84.9 Å². The minimum absolute atomic E-state index is 0.242. The molecule has 180 valence electrons. The fourth-order valence-corrected chi connectivity index (χ4v) is 7.99. The van der Waals surface area contributed by atoms with Gasteiger partial charge in [0.25, 0.3) is 0 Å². The summed E-state index contributed by atoms with van der Waals surface area (Å²) in [6.07, 6.45) is 3.36. The van der Waals surface area contributed by atoms with Crippen LogP contribution in [0.4, 0.5) is 5.82 Å². The first-order valence-electron chi connectivity index (χ1n) is 11.8. The zero-order valence-corrected chi connectivity index (χ0v) is 21.0. The number of fused-ring (bicyclic) bond motifs is 4. The number of rotatable bonds is 3. The van der Waals surface area contributed by atoms with Crippen LogP contribution in [0.1, 0.15) is 29.6 Å². The van der Waals surface area contributed by atoms with E-state index in [4.69, 9.17) is 19.4 Å². The normalized spacial score (nSPS) is 21.0. The van der Waals surface area contributed by atoms with E-state index in [2.05, 4.69) is 11.8 Å². The molecule has 3 aromatic rings. The molecule has 0 unspecified atom stereocenters. The second-order valence-corrected chi connectivity index (χ2v) is 12.3. The molecular weight excluding hydrogens is 472 g/mol. The predicted octanol–water partition coefficient (Wildman–Crippen LogP) is 3.41. The maximum absolute atomic E-state index is 13.4. The van der Waals surface area contributed by atoms with E-state index in [9.17, 15) is 8.42 Å². The first-order chi connectivity index (χ1) is 16.4. The number of hydrogen-bond acceptors (Lipinski definition) is 8. The summed E-state index contributed by atoms with van der Waals surface area (Å²) >= 11 is 1.80. The summed E-state index contributed by atoms with van der Waals surface area (Å²) in [5, 5.41) is 1.18. The summed E-state index contributed by atoms with van der Waals surface area (Å²) in [7, 11) is -3.62. The Labute approximate surface area is 203 Å². The van der Waals surface area contributed by atoms with Gasteiger partial charge in [0.05, 0.1) is 10.3 Å². The molecular formula is C24H28N4O4S2. The number of aromatic nitrogens is 2. The maximum atomic E-state index is 13.4. The van der Waals surface area contributed by atoms with Gasteiger partial charge >= 0.3 is 0 Å². The average Bonchev–Trinajstić information content (AvgIpc) is 3.20. The SMILES string of the molecule is Cc1nc(N2CCN(S(=O)(=O)c3ccc4c(c3)OCCO4)CC2)c2c3c(sc2n1)C[C@H](C)CC3. The lowest BCUT2D eigenvalue weighted by Crippen LogP contribution is -2.49. The number of ether oxygens (including phenoxy) is 2. The monoisotopic (exact) mass is 500 g/mol. The van der Waals surface area contributed by atoms with Gasteiger partial charge in [-0.1, -0.05) is 6.92 Å². The second kappa shape index (κ2) is 8.35. The van der Waals surface area contributed by atoms with Crippen molar-refractivity contribution in [3.8, 4) is 11.5 Å². The third-order valence-electron chi connectivity index (χ3n) is 6.94. The van der Waals surface area contributed by atoms with Gasteiger partial charge in [-0.25, -0.2) is 18.4 Å². The highest BCUT2D eigenvalue weighted by Gasteiger charge is 2.32. The lowest BCUT2D eigenvalue weighted by atomic mass is 9.89. The van der Waals surface area contributed by atoms with Crippen LogP contribution in [0, 0.1) is 12.8 Å². The molecule has 0 radical (unpaired) electrons. The maximum Gasteiger partial charge on any atom is 0.243 e. The van der Waals surface area contributed by atoms with Gasteiger partial charge in [0.15, 0.2) is 11.5 Å². The van der Waals surface area contributed by atoms with Crippen molar-refractivity contribution in [1.29, 1.82) is 0 Å². The number of thiophene rings is 1. The zero-order chi connectivity index (χ0) is 23.4. The largest absolute Gasteiger partial charge is 0.486 e. The van der Waals surface area contributed by atoms with E-state index in [0.29, 0.717) is 56.8 Å². The molecule has 0 N–H and O–H groups in total. The Hall–Kier alpha value is -2.43. The highest BCUT2D eigenvalue weighted by Crippen LogP contribution is 2.41. The molecule has 8 nitrogen and oxygen atoms in total. The zero-order valence-electron chi connectivity index (χ0n) is 19.4. The highest BCUT2D eigenvalue weighted by molar-refractivity contribution is 7.89. The van der Waals surface area contributed by atoms with Crippen molar-refractivity contribution < 1.29 is 17.9 Å². The minimum Gasteiger partial charge on any atom is -0.486 e. The Morgan fingerprint density at radius 3 is 2.62 bits per heavy atom. The Morgan fingerprint density at radius 1 is 1.06 bits per heavy atom. The van der Waals surface area contributed by atoms with Crippen molar-refractivity contribution >= 4 is 37.4 Å². The molecule has 4 heterocycles. The number of aryl methyl sites for hydroxylation is 2. The third kappa shape index (κ3) is 3.72. The highest BCUT2D eigenvalue weighted by atomic mass is 32.2. The molecule has 6 rings (SSSR count). The Bertz CT molecular complexity index is 1360. The van der Waals surface area contributed by atoms with E-state index in [1.165, 1.54) is 22.2 Å². The van der Waals surface area contributed by atoms with Crippen LogP contribution in [-0.2, 0) is 22.9 Å². The molecule has 10 heteroatoms. The number of nitrogens with zero attached hydrogens (tertiary/aromatic N) is 4. The van der Waals surface area contributed by atoms with E-state index in [0.717, 1.165) is 29.3 Å². The summed E-state index contributed by atoms with van der Waals surface area (Å²) < 4.78 is 39.4. The number of piperazine rings is 1. The van der Waals surface area contributed by atoms with Gasteiger partial charge < -0.3 is 14.4 Å². The van der Waals surface area contributed by atoms with Crippen LogP contribution in [0.5, 0.6) is 11.5 Å². The molecule has 34 heavy (non-hydrogen) atoms. The van der Waals surface area contributed by atoms with Crippen molar-refractivity contribution in [1.82, 2.24) is 14.3 Å². The molecule has 0 spiro atoms. The fraction of sp³-hybridized carbons (Fsp3) is 0.500. The average molecular weight is 501 g/mol. The molecule has 1 saturated heterocycles. The first kappa shape index (κ1) is 22.1. The summed E-state index contributed by atoms with van der Waals surface area (Å²) in [4.78, 5) is 14.6. The molecule has 1 aliphatic carbocycles. The van der Waals surface area contributed by atoms with Crippen molar-refractivity contribution in [2.75, 3.05) is 44.3 Å². The molecule has 0 amide bonds. The number of benzene rings is 1. The van der Waals surface area contributed by atoms with Crippen LogP contribution >= 0.6 is 11.3 Å². The summed E-state index contributed by atoms with van der Waals surface area (Å²) in [5.74, 6) is 3.51. The van der Waals surface area contributed by atoms with E-state index in [1.54, 1.807) is 33.8 Å². The van der Waals surface area contributed by atoms with Crippen LogP contribution < -0.4 is 14.4 Å². The Balaban J connectivity index is 1.26. The van der Waals surface area contributed by atoms with E-state index in [1.807, 2.05) is 6.92 Å². The quantitative estimate of drug-likeness (QED) is 0.545. The molecule has 0 saturated carbocycles. The van der Waals surface area contributed by atoms with Crippen LogP contribution in [0.3, 0.4) is 0 Å². The summed E-state index contributed by atoms with van der Waals surface area (Å²) in [6, 6.07) is 4.86. The molecule has 1 atom stereocenters. The van der Waals surface area contributed by atoms with E-state index < -0.39 is 10.0 Å². The number of hydrogen-bond donors (Lipinski definition) is 0. The lowest BCUT2D eigenvalue weighted by Gasteiger charge is -2.35. The van der Waals surface area contributed by atoms with Crippen LogP contribution in [-0.4, -0.2) is 62.1 Å². The fourth-order valence-electron chi connectivity index (χ4n) is 5.13. The van der Waals surface area contributed by atoms with Crippen molar-refractivity contribution in [3.05, 3.63) is 34.5 Å². The Morgan fingerprint density at radius 2 is 1.82 bits per heavy atom. The molecule has 3 aliphatic rings. The third-order valence-corrected chi connectivity index (χ3v) is 9.98. The van der Waals surface area contributed by atoms with Gasteiger partial charge in [-0.2, -0.15) is 4.31 Å². The minimum atomic E-state index is -3.62. The van der Waals surface area contributed by atoms with Gasteiger partial charge in [0, 0.05) is 37.1 Å². The second-order valence-electron chi connectivity index (χ2n) is 9.32. The number of sulfonamides is 1. The van der Waals surface area contributed by atoms with E-state index in [-0.39, 0.29) is 4.90 Å². The van der Waals surface area contributed by atoms with Crippen LogP contribution in [0.25, 0.3) is 10.2 Å². The standard InChI is InChI=1S/C24H28N4O4S2/c1-15-3-5-18-21(13-15)33-24-22(18)23(25-16(2)26-24)27-7-9-28(10-8-27)34(29,30)17-4-6-19-20(14-17)32-12-11-31-19/h4,6,14-15H,3,5,7-13H2,1-2H3/t15-/m1/s1. The van der Waals surface area contributed by atoms with Crippen LogP contribution in [0.15, 0.2) is 23.1 Å². The summed E-state index contributed by atoms with van der Waals surface area (Å²) in [5.41, 5.74) is 1.40. The molecule has 2 aromatic heterocycles. The first-order valence-corrected chi connectivity index (χ1v) is 14.1. The van der Waals surface area contributed by atoms with E-state index >= 15 is 0 Å². The molecule has 2 aliphatic heterocycles. The van der Waals surface area contributed by atoms with Crippen LogP contribution in [0.2, 0.25) is 0 Å². The molecule has 0 bridgehead atoms. The van der Waals surface area contributed by atoms with Crippen molar-refractivity contribution in [2.45, 2.75) is 38.0 Å². The Kier molecular flexibility index (Phi) is 5.42. The van der Waals surface area contributed by atoms with Crippen molar-refractivity contribution in [3.63, 3.8) is 0 Å². The lowest BCUT2D eigenvalue weighted by molar-refractivity contribution is 0.171. The van der Waals surface area contributed by atoms with Gasteiger partial charge in [0.1, 0.15) is 29.7 Å². The number of anilines is 1. The van der Waals surface area contributed by atoms with Gasteiger partial charge in [0.2, 0.25) is 10.0 Å². The molecule has 1 fully saturated rings.